The first kappa shape index (κ1) is 14.7. The molecule has 0 aromatic heterocycles. The van der Waals surface area contributed by atoms with Crippen molar-refractivity contribution in [1.82, 2.24) is 5.32 Å². The van der Waals surface area contributed by atoms with Gasteiger partial charge >= 0.3 is 0 Å². The Morgan fingerprint density at radius 2 is 2.05 bits per heavy atom. The second-order valence-corrected chi connectivity index (χ2v) is 5.96. The van der Waals surface area contributed by atoms with E-state index in [0.29, 0.717) is 11.1 Å². The summed E-state index contributed by atoms with van der Waals surface area (Å²) in [5, 5.41) is 4.14. The molecule has 1 N–H and O–H groups in total. The van der Waals surface area contributed by atoms with Crippen molar-refractivity contribution in [3.63, 3.8) is 0 Å². The van der Waals surface area contributed by atoms with Crippen molar-refractivity contribution in [3.8, 4) is 5.75 Å². The minimum absolute atomic E-state index is 0.239. The summed E-state index contributed by atoms with van der Waals surface area (Å²) in [6.45, 7) is 6.54. The molecule has 2 atom stereocenters. The number of benzene rings is 1. The zero-order valence-corrected chi connectivity index (χ0v) is 13.1. The van der Waals surface area contributed by atoms with Crippen LogP contribution in [0.2, 0.25) is 5.02 Å². The maximum absolute atomic E-state index is 6.26. The summed E-state index contributed by atoms with van der Waals surface area (Å²) in [5.41, 5.74) is 1.40. The number of rotatable bonds is 5. The van der Waals surface area contributed by atoms with Crippen LogP contribution in [-0.2, 0) is 0 Å². The molecule has 0 radical (unpaired) electrons. The molecule has 0 saturated heterocycles. The van der Waals surface area contributed by atoms with Gasteiger partial charge in [0.05, 0.1) is 5.02 Å². The van der Waals surface area contributed by atoms with Gasteiger partial charge in [0.15, 0.2) is 0 Å². The molecule has 1 aromatic rings. The Kier molecular flexibility index (Phi) is 4.42. The van der Waals surface area contributed by atoms with Gasteiger partial charge in [-0.3, -0.25) is 0 Å². The maximum Gasteiger partial charge on any atom is 0.138 e. The van der Waals surface area contributed by atoms with Crippen LogP contribution in [0.5, 0.6) is 5.75 Å². The fraction of sp³-hybridized carbons (Fsp3) is 0.625. The molecule has 0 heterocycles. The van der Waals surface area contributed by atoms with Gasteiger partial charge in [-0.05, 0) is 44.5 Å². The van der Waals surface area contributed by atoms with E-state index >= 15 is 0 Å². The number of ether oxygens (including phenoxy) is 1. The van der Waals surface area contributed by atoms with Gasteiger partial charge in [-0.25, -0.2) is 0 Å². The molecule has 0 amide bonds. The topological polar surface area (TPSA) is 21.3 Å². The molecular formula is C16H24ClNO. The highest BCUT2D eigenvalue weighted by Gasteiger charge is 2.53. The molecule has 106 valence electrons. The number of hydrogen-bond acceptors (Lipinski definition) is 2. The Balaban J connectivity index is 2.15. The van der Waals surface area contributed by atoms with Gasteiger partial charge in [0.2, 0.25) is 0 Å². The van der Waals surface area contributed by atoms with E-state index < -0.39 is 0 Å². The van der Waals surface area contributed by atoms with Crippen LogP contribution in [0.3, 0.4) is 0 Å². The van der Waals surface area contributed by atoms with Gasteiger partial charge in [0.25, 0.3) is 0 Å². The average Bonchev–Trinajstić information content (AvgIpc) is 2.38. The Morgan fingerprint density at radius 1 is 1.37 bits per heavy atom. The third-order valence-corrected chi connectivity index (χ3v) is 5.10. The van der Waals surface area contributed by atoms with Crippen LogP contribution in [0.25, 0.3) is 0 Å². The van der Waals surface area contributed by atoms with Crippen molar-refractivity contribution in [1.29, 1.82) is 0 Å². The molecule has 0 spiro atoms. The summed E-state index contributed by atoms with van der Waals surface area (Å²) in [6.07, 6.45) is 3.58. The molecule has 1 saturated carbocycles. The van der Waals surface area contributed by atoms with E-state index in [4.69, 9.17) is 16.3 Å². The largest absolute Gasteiger partial charge is 0.488 e. The lowest BCUT2D eigenvalue weighted by molar-refractivity contribution is -0.0835. The average molecular weight is 282 g/mol. The molecular weight excluding hydrogens is 258 g/mol. The standard InChI is InChI=1S/C16H24ClNO/c1-5-16(6-2)14(18-4)10-15(16)19-13-8-7-11(3)9-12(13)17/h7-9,14-15,18H,5-6,10H2,1-4H3. The highest BCUT2D eigenvalue weighted by Crippen LogP contribution is 2.49. The van der Waals surface area contributed by atoms with Crippen molar-refractivity contribution in [3.05, 3.63) is 28.8 Å². The minimum Gasteiger partial charge on any atom is -0.488 e. The number of hydrogen-bond donors (Lipinski definition) is 1. The number of nitrogens with one attached hydrogen (secondary N) is 1. The van der Waals surface area contributed by atoms with E-state index in [9.17, 15) is 0 Å². The van der Waals surface area contributed by atoms with E-state index in [0.717, 1.165) is 30.6 Å². The van der Waals surface area contributed by atoms with Crippen LogP contribution >= 0.6 is 11.6 Å². The smallest absolute Gasteiger partial charge is 0.138 e. The first-order valence-electron chi connectivity index (χ1n) is 7.17. The van der Waals surface area contributed by atoms with Crippen molar-refractivity contribution >= 4 is 11.6 Å². The molecule has 1 aromatic carbocycles. The van der Waals surface area contributed by atoms with Gasteiger partial charge in [0.1, 0.15) is 11.9 Å². The second-order valence-electron chi connectivity index (χ2n) is 5.56. The Labute approximate surface area is 121 Å². The zero-order valence-electron chi connectivity index (χ0n) is 12.3. The molecule has 2 unspecified atom stereocenters. The van der Waals surface area contributed by atoms with Gasteiger partial charge in [-0.2, -0.15) is 0 Å². The van der Waals surface area contributed by atoms with E-state index in [2.05, 4.69) is 25.2 Å². The zero-order chi connectivity index (χ0) is 14.0. The van der Waals surface area contributed by atoms with Crippen LogP contribution in [0.15, 0.2) is 18.2 Å². The highest BCUT2D eigenvalue weighted by atomic mass is 35.5. The van der Waals surface area contributed by atoms with E-state index in [1.807, 2.05) is 26.1 Å². The first-order chi connectivity index (χ1) is 9.07. The van der Waals surface area contributed by atoms with Crippen LogP contribution in [0.1, 0.15) is 38.7 Å². The van der Waals surface area contributed by atoms with E-state index in [1.165, 1.54) is 0 Å². The molecule has 2 nitrogen and oxygen atoms in total. The van der Waals surface area contributed by atoms with Crippen LogP contribution in [-0.4, -0.2) is 19.2 Å². The predicted octanol–water partition coefficient (Wildman–Crippen LogP) is 4.19. The summed E-state index contributed by atoms with van der Waals surface area (Å²) in [6, 6.07) is 6.55. The van der Waals surface area contributed by atoms with Crippen molar-refractivity contribution in [2.75, 3.05) is 7.05 Å². The summed E-state index contributed by atoms with van der Waals surface area (Å²) in [5.74, 6) is 0.818. The van der Waals surface area contributed by atoms with E-state index in [-0.39, 0.29) is 11.5 Å². The first-order valence-corrected chi connectivity index (χ1v) is 7.55. The normalized spacial score (nSPS) is 24.9. The second kappa shape index (κ2) is 5.72. The Morgan fingerprint density at radius 3 is 2.58 bits per heavy atom. The highest BCUT2D eigenvalue weighted by molar-refractivity contribution is 6.32. The SMILES string of the molecule is CCC1(CC)C(NC)CC1Oc1ccc(C)cc1Cl. The third kappa shape index (κ3) is 2.48. The molecule has 3 heteroatoms. The molecule has 0 aliphatic heterocycles. The molecule has 1 aliphatic carbocycles. The molecule has 2 rings (SSSR count). The number of halogens is 1. The Hall–Kier alpha value is -0.730. The van der Waals surface area contributed by atoms with Crippen LogP contribution in [0.4, 0.5) is 0 Å². The van der Waals surface area contributed by atoms with Crippen molar-refractivity contribution in [2.24, 2.45) is 5.41 Å². The molecule has 1 aliphatic rings. The van der Waals surface area contributed by atoms with Gasteiger partial charge in [0, 0.05) is 17.9 Å². The quantitative estimate of drug-likeness (QED) is 0.874. The Bertz CT molecular complexity index is 442. The number of aryl methyl sites for hydroxylation is 1. The fourth-order valence-electron chi connectivity index (χ4n) is 3.37. The molecule has 19 heavy (non-hydrogen) atoms. The van der Waals surface area contributed by atoms with Crippen molar-refractivity contribution < 1.29 is 4.74 Å². The molecule has 0 bridgehead atoms. The van der Waals surface area contributed by atoms with Crippen LogP contribution < -0.4 is 10.1 Å². The van der Waals surface area contributed by atoms with Gasteiger partial charge in [-0.15, -0.1) is 0 Å². The lowest BCUT2D eigenvalue weighted by Gasteiger charge is -2.55. The minimum atomic E-state index is 0.239. The summed E-state index contributed by atoms with van der Waals surface area (Å²) < 4.78 is 6.19. The summed E-state index contributed by atoms with van der Waals surface area (Å²) in [7, 11) is 2.04. The summed E-state index contributed by atoms with van der Waals surface area (Å²) >= 11 is 6.26. The third-order valence-electron chi connectivity index (χ3n) is 4.81. The fourth-order valence-corrected chi connectivity index (χ4v) is 3.65. The van der Waals surface area contributed by atoms with Crippen LogP contribution in [0, 0.1) is 12.3 Å². The van der Waals surface area contributed by atoms with Gasteiger partial charge in [-0.1, -0.05) is 31.5 Å². The monoisotopic (exact) mass is 281 g/mol. The lowest BCUT2D eigenvalue weighted by atomic mass is 9.58. The van der Waals surface area contributed by atoms with E-state index in [1.54, 1.807) is 0 Å². The predicted molar refractivity (Wildman–Crippen MR) is 81.1 cm³/mol. The lowest BCUT2D eigenvalue weighted by Crippen LogP contribution is -2.63. The molecule has 1 fully saturated rings. The van der Waals surface area contributed by atoms with Gasteiger partial charge < -0.3 is 10.1 Å². The van der Waals surface area contributed by atoms with Crippen molar-refractivity contribution in [2.45, 2.75) is 52.2 Å². The summed E-state index contributed by atoms with van der Waals surface area (Å²) in [4.78, 5) is 0. The maximum atomic E-state index is 6.26.